The Morgan fingerprint density at radius 3 is 0.742 bits per heavy atom. The summed E-state index contributed by atoms with van der Waals surface area (Å²) in [6.07, 6.45) is -14.5. The molecule has 0 saturated carbocycles. The van der Waals surface area contributed by atoms with E-state index in [2.05, 4.69) is 0 Å². The van der Waals surface area contributed by atoms with Crippen LogP contribution in [-0.2, 0) is 5.41 Å². The predicted octanol–water partition coefficient (Wildman–Crippen LogP) is 6.83. The molecule has 0 N–H and O–H groups in total. The van der Waals surface area contributed by atoms with Gasteiger partial charge in [-0.25, -0.2) is 35.1 Å². The van der Waals surface area contributed by atoms with Crippen molar-refractivity contribution in [2.75, 3.05) is 0 Å². The first-order valence-electron chi connectivity index (χ1n) is 7.65. The van der Waals surface area contributed by atoms with Gasteiger partial charge in [0.15, 0.2) is 46.5 Å². The van der Waals surface area contributed by atoms with Gasteiger partial charge in [0.2, 0.25) is 5.41 Å². The average Bonchev–Trinajstić information content (AvgIpc) is 2.64. The largest absolute Gasteiger partial charge is 0.411 e. The molecule has 0 saturated heterocycles. The second-order valence-electron chi connectivity index (χ2n) is 6.26. The molecule has 0 aliphatic carbocycles. The summed E-state index contributed by atoms with van der Waals surface area (Å²) in [4.78, 5) is 0. The van der Waals surface area contributed by atoms with E-state index in [1.165, 1.54) is 0 Å². The Morgan fingerprint density at radius 1 is 0.387 bits per heavy atom. The first-order chi connectivity index (χ1) is 13.9. The van der Waals surface area contributed by atoms with Crippen LogP contribution in [0, 0.1) is 60.4 Å². The summed E-state index contributed by atoms with van der Waals surface area (Å²) >= 11 is 0. The van der Waals surface area contributed by atoms with Crippen molar-refractivity contribution < 1.29 is 61.5 Å². The molecule has 0 bridgehead atoms. The molecule has 172 valence electrons. The van der Waals surface area contributed by atoms with Gasteiger partial charge in [-0.3, -0.25) is 0 Å². The van der Waals surface area contributed by atoms with Crippen LogP contribution in [-0.4, -0.2) is 12.4 Å². The quantitative estimate of drug-likeness (QED) is 0.330. The molecule has 0 radical (unpaired) electrons. The number of rotatable bonds is 2. The zero-order valence-corrected chi connectivity index (χ0v) is 14.8. The highest BCUT2D eigenvalue weighted by atomic mass is 19.4. The molecule has 14 heteroatoms. The Balaban J connectivity index is 3.41. The van der Waals surface area contributed by atoms with Crippen LogP contribution in [0.25, 0.3) is 0 Å². The standard InChI is InChI=1S/C17H6F14/c1-3-7(18)11(22)5(12(23)8(3)19)15(16(26,27)28,17(29,30)31)6-13(24)9(20)4(2)10(21)14(6)25/h1-2H3. The van der Waals surface area contributed by atoms with E-state index in [1.807, 2.05) is 0 Å². The lowest BCUT2D eigenvalue weighted by molar-refractivity contribution is -0.291. The molecule has 0 unspecified atom stereocenters. The zero-order valence-electron chi connectivity index (χ0n) is 14.8. The fraction of sp³-hybridized carbons (Fsp3) is 0.294. The topological polar surface area (TPSA) is 0 Å². The molecule has 0 fully saturated rings. The molecule has 0 spiro atoms. The van der Waals surface area contributed by atoms with Gasteiger partial charge < -0.3 is 0 Å². The number of hydrogen-bond acceptors (Lipinski definition) is 0. The van der Waals surface area contributed by atoms with Crippen LogP contribution in [0.2, 0.25) is 0 Å². The normalized spacial score (nSPS) is 13.2. The van der Waals surface area contributed by atoms with Crippen LogP contribution in [0.5, 0.6) is 0 Å². The van der Waals surface area contributed by atoms with Crippen molar-refractivity contribution in [3.63, 3.8) is 0 Å². The second-order valence-corrected chi connectivity index (χ2v) is 6.26. The second kappa shape index (κ2) is 7.26. The first-order valence-corrected chi connectivity index (χ1v) is 7.65. The Labute approximate surface area is 163 Å². The highest BCUT2D eigenvalue weighted by Gasteiger charge is 2.77. The monoisotopic (exact) mass is 476 g/mol. The van der Waals surface area contributed by atoms with Gasteiger partial charge in [-0.2, -0.15) is 26.3 Å². The van der Waals surface area contributed by atoms with E-state index in [9.17, 15) is 61.5 Å². The van der Waals surface area contributed by atoms with E-state index in [0.717, 1.165) is 0 Å². The summed E-state index contributed by atoms with van der Waals surface area (Å²) in [5.74, 6) is -24.4. The number of hydrogen-bond donors (Lipinski definition) is 0. The van der Waals surface area contributed by atoms with Crippen molar-refractivity contribution in [1.82, 2.24) is 0 Å². The van der Waals surface area contributed by atoms with Crippen LogP contribution in [0.1, 0.15) is 22.3 Å². The molecule has 0 aliphatic rings. The summed E-state index contributed by atoms with van der Waals surface area (Å²) in [6.45, 7) is 0.464. The molecule has 0 atom stereocenters. The van der Waals surface area contributed by atoms with Gasteiger partial charge in [-0.1, -0.05) is 0 Å². The maximum absolute atomic E-state index is 14.3. The lowest BCUT2D eigenvalue weighted by atomic mass is 9.71. The summed E-state index contributed by atoms with van der Waals surface area (Å²) in [7, 11) is 0. The Morgan fingerprint density at radius 2 is 0.581 bits per heavy atom. The molecule has 2 rings (SSSR count). The van der Waals surface area contributed by atoms with Crippen molar-refractivity contribution in [2.45, 2.75) is 31.6 Å². The summed E-state index contributed by atoms with van der Waals surface area (Å²) in [5.41, 5.74) is -17.2. The Kier molecular flexibility index (Phi) is 5.79. The van der Waals surface area contributed by atoms with Gasteiger partial charge in [0.25, 0.3) is 0 Å². The van der Waals surface area contributed by atoms with Gasteiger partial charge in [0.05, 0.1) is 11.1 Å². The third kappa shape index (κ3) is 3.13. The van der Waals surface area contributed by atoms with E-state index in [-0.39, 0.29) is 13.8 Å². The summed E-state index contributed by atoms with van der Waals surface area (Å²) < 4.78 is 195. The maximum atomic E-state index is 14.3. The highest BCUT2D eigenvalue weighted by molar-refractivity contribution is 5.49. The summed E-state index contributed by atoms with van der Waals surface area (Å²) in [5, 5.41) is 0. The maximum Gasteiger partial charge on any atom is 0.411 e. The molecular formula is C17H6F14. The van der Waals surface area contributed by atoms with E-state index >= 15 is 0 Å². The van der Waals surface area contributed by atoms with Gasteiger partial charge in [0.1, 0.15) is 0 Å². The Hall–Kier alpha value is -2.54. The van der Waals surface area contributed by atoms with Gasteiger partial charge >= 0.3 is 12.4 Å². The number of halogens is 14. The minimum Gasteiger partial charge on any atom is -0.203 e. The minimum atomic E-state index is -7.23. The number of alkyl halides is 6. The van der Waals surface area contributed by atoms with E-state index in [0.29, 0.717) is 0 Å². The van der Waals surface area contributed by atoms with Gasteiger partial charge in [-0.15, -0.1) is 0 Å². The molecule has 0 heterocycles. The van der Waals surface area contributed by atoms with Crippen LogP contribution in [0.15, 0.2) is 0 Å². The van der Waals surface area contributed by atoms with Crippen molar-refractivity contribution in [3.05, 3.63) is 68.8 Å². The molecule has 0 amide bonds. The third-order valence-electron chi connectivity index (χ3n) is 4.57. The third-order valence-corrected chi connectivity index (χ3v) is 4.57. The molecule has 0 aromatic heterocycles. The van der Waals surface area contributed by atoms with E-state index in [4.69, 9.17) is 0 Å². The van der Waals surface area contributed by atoms with Crippen LogP contribution in [0.4, 0.5) is 61.5 Å². The molecule has 0 aliphatic heterocycles. The van der Waals surface area contributed by atoms with Crippen molar-refractivity contribution >= 4 is 0 Å². The van der Waals surface area contributed by atoms with Crippen molar-refractivity contribution in [3.8, 4) is 0 Å². The van der Waals surface area contributed by atoms with Gasteiger partial charge in [-0.05, 0) is 13.8 Å². The van der Waals surface area contributed by atoms with Crippen molar-refractivity contribution in [1.29, 1.82) is 0 Å². The molecule has 31 heavy (non-hydrogen) atoms. The van der Waals surface area contributed by atoms with Crippen LogP contribution >= 0.6 is 0 Å². The first kappa shape index (κ1) is 24.7. The van der Waals surface area contributed by atoms with Gasteiger partial charge in [0, 0.05) is 11.1 Å². The summed E-state index contributed by atoms with van der Waals surface area (Å²) in [6, 6.07) is 0. The fourth-order valence-electron chi connectivity index (χ4n) is 2.99. The SMILES string of the molecule is Cc1c(F)c(F)c(C(c2c(F)c(F)c(C)c(F)c2F)(C(F)(F)F)C(F)(F)F)c(F)c1F. The lowest BCUT2D eigenvalue weighted by Crippen LogP contribution is -2.57. The minimum absolute atomic E-state index is 0.232. The Bertz CT molecular complexity index is 917. The highest BCUT2D eigenvalue weighted by Crippen LogP contribution is 2.59. The number of benzene rings is 2. The smallest absolute Gasteiger partial charge is 0.203 e. The molecule has 0 nitrogen and oxygen atoms in total. The van der Waals surface area contributed by atoms with Crippen LogP contribution < -0.4 is 0 Å². The van der Waals surface area contributed by atoms with Crippen molar-refractivity contribution in [2.24, 2.45) is 0 Å². The van der Waals surface area contributed by atoms with E-state index < -0.39 is 86.6 Å². The molecular weight excluding hydrogens is 470 g/mol. The molecule has 2 aromatic rings. The molecule has 2 aromatic carbocycles. The van der Waals surface area contributed by atoms with Crippen LogP contribution in [0.3, 0.4) is 0 Å². The zero-order chi connectivity index (χ0) is 24.4. The van der Waals surface area contributed by atoms with E-state index in [1.54, 1.807) is 0 Å². The fourth-order valence-corrected chi connectivity index (χ4v) is 2.99. The average molecular weight is 476 g/mol. The predicted molar refractivity (Wildman–Crippen MR) is 74.9 cm³/mol. The lowest BCUT2D eigenvalue weighted by Gasteiger charge is -2.39.